The number of hydrogen-bond acceptors (Lipinski definition) is 3. The predicted octanol–water partition coefficient (Wildman–Crippen LogP) is 1.96. The zero-order valence-corrected chi connectivity index (χ0v) is 13.3. The third-order valence-corrected chi connectivity index (χ3v) is 4.55. The van der Waals surface area contributed by atoms with E-state index in [1.165, 1.54) is 5.56 Å². The smallest absolute Gasteiger partial charge is 0.234 e. The van der Waals surface area contributed by atoms with Crippen molar-refractivity contribution < 1.29 is 9.53 Å². The number of amides is 1. The lowest BCUT2D eigenvalue weighted by molar-refractivity contribution is -0.119. The monoisotopic (exact) mass is 340 g/mol. The molecule has 0 aliphatic carbocycles. The fraction of sp³-hybridized carbons (Fsp3) is 0.533. The summed E-state index contributed by atoms with van der Waals surface area (Å²) in [5.41, 5.74) is 6.61. The molecular weight excluding hydrogens is 320 g/mol. The first-order chi connectivity index (χ1) is 9.53. The Morgan fingerprint density at radius 1 is 1.50 bits per heavy atom. The fourth-order valence-electron chi connectivity index (χ4n) is 2.60. The molecule has 20 heavy (non-hydrogen) atoms. The summed E-state index contributed by atoms with van der Waals surface area (Å²) in [4.78, 5) is 11.2. The number of carbonyl (C=O) groups is 1. The van der Waals surface area contributed by atoms with Gasteiger partial charge in [0.1, 0.15) is 0 Å². The molecule has 4 nitrogen and oxygen atoms in total. The number of ether oxygens (including phenoxy) is 1. The van der Waals surface area contributed by atoms with Crippen molar-refractivity contribution in [1.82, 2.24) is 5.32 Å². The number of primary amides is 1. The Morgan fingerprint density at radius 3 is 2.80 bits per heavy atom. The van der Waals surface area contributed by atoms with Crippen LogP contribution in [0.4, 0.5) is 0 Å². The van der Waals surface area contributed by atoms with Crippen molar-refractivity contribution in [1.29, 1.82) is 0 Å². The molecule has 2 rings (SSSR count). The molecule has 0 unspecified atom stereocenters. The zero-order chi connectivity index (χ0) is 14.6. The molecule has 1 atom stereocenters. The van der Waals surface area contributed by atoms with Gasteiger partial charge in [0, 0.05) is 29.6 Å². The summed E-state index contributed by atoms with van der Waals surface area (Å²) in [5, 5.41) is 3.27. The average Bonchev–Trinajstić information content (AvgIpc) is 2.45. The summed E-state index contributed by atoms with van der Waals surface area (Å²) in [6, 6.07) is 8.06. The van der Waals surface area contributed by atoms with Gasteiger partial charge in [0.05, 0.1) is 6.04 Å². The van der Waals surface area contributed by atoms with Gasteiger partial charge in [-0.05, 0) is 37.5 Å². The summed E-state index contributed by atoms with van der Waals surface area (Å²) in [6.45, 7) is 4.03. The molecule has 1 aromatic carbocycles. The fourth-order valence-corrected chi connectivity index (χ4v) is 3.00. The second kappa shape index (κ2) is 6.70. The molecule has 1 heterocycles. The number of hydrogen-bond donors (Lipinski definition) is 2. The van der Waals surface area contributed by atoms with Gasteiger partial charge in [-0.2, -0.15) is 0 Å². The van der Waals surface area contributed by atoms with Crippen molar-refractivity contribution in [3.05, 3.63) is 34.3 Å². The Bertz CT molecular complexity index is 473. The molecule has 1 aliphatic rings. The molecule has 1 aliphatic heterocycles. The highest BCUT2D eigenvalue weighted by Gasteiger charge is 2.35. The van der Waals surface area contributed by atoms with Crippen LogP contribution in [0.25, 0.3) is 0 Å². The predicted molar refractivity (Wildman–Crippen MR) is 82.5 cm³/mol. The lowest BCUT2D eigenvalue weighted by Crippen LogP contribution is -2.48. The van der Waals surface area contributed by atoms with Gasteiger partial charge in [-0.15, -0.1) is 0 Å². The first kappa shape index (κ1) is 15.5. The average molecular weight is 341 g/mol. The molecule has 5 heteroatoms. The highest BCUT2D eigenvalue weighted by atomic mass is 79.9. The number of rotatable bonds is 5. The van der Waals surface area contributed by atoms with Gasteiger partial charge in [0.15, 0.2) is 0 Å². The van der Waals surface area contributed by atoms with E-state index in [0.29, 0.717) is 0 Å². The second-order valence-electron chi connectivity index (χ2n) is 5.41. The number of nitrogens with two attached hydrogens (primary N) is 1. The Hall–Kier alpha value is -0.910. The Balaban J connectivity index is 2.19. The van der Waals surface area contributed by atoms with E-state index in [0.717, 1.165) is 37.1 Å². The molecule has 0 radical (unpaired) electrons. The third-order valence-electron chi connectivity index (χ3n) is 4.06. The molecule has 110 valence electrons. The third kappa shape index (κ3) is 3.59. The van der Waals surface area contributed by atoms with E-state index in [2.05, 4.69) is 33.4 Å². The number of benzene rings is 1. The Labute approximate surface area is 128 Å². The number of halogens is 1. The molecular formula is C15H21BrN2O2. The number of carbonyl (C=O) groups excluding carboxylic acids is 1. The molecule has 1 amide bonds. The van der Waals surface area contributed by atoms with E-state index in [1.807, 2.05) is 12.1 Å². The summed E-state index contributed by atoms with van der Waals surface area (Å²) in [5.74, 6) is -0.318. The molecule has 1 aromatic rings. The topological polar surface area (TPSA) is 64.3 Å². The van der Waals surface area contributed by atoms with Crippen LogP contribution < -0.4 is 11.1 Å². The van der Waals surface area contributed by atoms with Gasteiger partial charge in [0.25, 0.3) is 0 Å². The Kier molecular flexibility index (Phi) is 5.18. The first-order valence-corrected chi connectivity index (χ1v) is 7.69. The van der Waals surface area contributed by atoms with E-state index in [1.54, 1.807) is 6.92 Å². The highest BCUT2D eigenvalue weighted by Crippen LogP contribution is 2.35. The van der Waals surface area contributed by atoms with Gasteiger partial charge in [-0.25, -0.2) is 0 Å². The molecule has 3 N–H and O–H groups in total. The largest absolute Gasteiger partial charge is 0.381 e. The molecule has 0 spiro atoms. The van der Waals surface area contributed by atoms with Gasteiger partial charge in [-0.3, -0.25) is 4.79 Å². The zero-order valence-electron chi connectivity index (χ0n) is 11.7. The maximum absolute atomic E-state index is 11.2. The van der Waals surface area contributed by atoms with Gasteiger partial charge in [0.2, 0.25) is 5.91 Å². The van der Waals surface area contributed by atoms with Crippen molar-refractivity contribution >= 4 is 21.8 Å². The van der Waals surface area contributed by atoms with Crippen LogP contribution in [0.1, 0.15) is 25.3 Å². The second-order valence-corrected chi connectivity index (χ2v) is 6.32. The summed E-state index contributed by atoms with van der Waals surface area (Å²) < 4.78 is 6.57. The van der Waals surface area contributed by atoms with Crippen LogP contribution in [0, 0.1) is 0 Å². The minimum absolute atomic E-state index is 0.00569. The highest BCUT2D eigenvalue weighted by molar-refractivity contribution is 9.10. The van der Waals surface area contributed by atoms with Gasteiger partial charge in [-0.1, -0.05) is 28.1 Å². The van der Waals surface area contributed by atoms with Crippen LogP contribution >= 0.6 is 15.9 Å². The maximum Gasteiger partial charge on any atom is 0.234 e. The summed E-state index contributed by atoms with van der Waals surface area (Å²) in [6.07, 6.45) is 1.89. The molecule has 1 fully saturated rings. The van der Waals surface area contributed by atoms with Gasteiger partial charge >= 0.3 is 0 Å². The van der Waals surface area contributed by atoms with Crippen LogP contribution in [-0.2, 0) is 14.9 Å². The standard InChI is InChI=1S/C15H21BrN2O2/c1-11(14(17)19)18-10-15(5-7-20-8-6-15)12-3-2-4-13(16)9-12/h2-4,9,11,18H,5-8,10H2,1H3,(H2,17,19)/t11-/m0/s1. The van der Waals surface area contributed by atoms with Crippen molar-refractivity contribution in [2.45, 2.75) is 31.2 Å². The van der Waals surface area contributed by atoms with Crippen molar-refractivity contribution in [2.75, 3.05) is 19.8 Å². The van der Waals surface area contributed by atoms with E-state index in [4.69, 9.17) is 10.5 Å². The van der Waals surface area contributed by atoms with Crippen LogP contribution in [0.5, 0.6) is 0 Å². The van der Waals surface area contributed by atoms with Crippen LogP contribution in [0.3, 0.4) is 0 Å². The lowest BCUT2D eigenvalue weighted by atomic mass is 9.74. The summed E-state index contributed by atoms with van der Waals surface area (Å²) >= 11 is 3.53. The van der Waals surface area contributed by atoms with Gasteiger partial charge < -0.3 is 15.8 Å². The van der Waals surface area contributed by atoms with Crippen LogP contribution in [0.15, 0.2) is 28.7 Å². The molecule has 0 bridgehead atoms. The van der Waals surface area contributed by atoms with E-state index < -0.39 is 0 Å². The minimum atomic E-state index is -0.318. The lowest BCUT2D eigenvalue weighted by Gasteiger charge is -2.38. The Morgan fingerprint density at radius 2 is 2.20 bits per heavy atom. The molecule has 1 saturated heterocycles. The minimum Gasteiger partial charge on any atom is -0.381 e. The van der Waals surface area contributed by atoms with Crippen LogP contribution in [-0.4, -0.2) is 31.7 Å². The SMILES string of the molecule is C[C@H](NCC1(c2cccc(Br)c2)CCOCC1)C(N)=O. The molecule has 0 saturated carbocycles. The normalized spacial score (nSPS) is 19.5. The molecule has 0 aromatic heterocycles. The summed E-state index contributed by atoms with van der Waals surface area (Å²) in [7, 11) is 0. The number of nitrogens with one attached hydrogen (secondary N) is 1. The first-order valence-electron chi connectivity index (χ1n) is 6.90. The maximum atomic E-state index is 11.2. The van der Waals surface area contributed by atoms with E-state index >= 15 is 0 Å². The van der Waals surface area contributed by atoms with Crippen LogP contribution in [0.2, 0.25) is 0 Å². The van der Waals surface area contributed by atoms with E-state index in [-0.39, 0.29) is 17.4 Å². The van der Waals surface area contributed by atoms with Crippen molar-refractivity contribution in [3.63, 3.8) is 0 Å². The van der Waals surface area contributed by atoms with E-state index in [9.17, 15) is 4.79 Å². The van der Waals surface area contributed by atoms with Crippen molar-refractivity contribution in [3.8, 4) is 0 Å². The van der Waals surface area contributed by atoms with Crippen molar-refractivity contribution in [2.24, 2.45) is 5.73 Å². The quantitative estimate of drug-likeness (QED) is 0.861.